The second kappa shape index (κ2) is 6.80. The Hall–Kier alpha value is -1.23. The molecule has 1 aliphatic heterocycles. The van der Waals surface area contributed by atoms with Crippen LogP contribution in [0.1, 0.15) is 12.8 Å². The average Bonchev–Trinajstić information content (AvgIpc) is 2.47. The lowest BCUT2D eigenvalue weighted by Crippen LogP contribution is -2.24. The van der Waals surface area contributed by atoms with E-state index in [4.69, 9.17) is 14.2 Å². The molecule has 1 saturated heterocycles. The molecule has 1 heterocycles. The maximum absolute atomic E-state index is 5.36. The molecule has 1 aromatic carbocycles. The van der Waals surface area contributed by atoms with Crippen molar-refractivity contribution in [3.05, 3.63) is 12.1 Å². The van der Waals surface area contributed by atoms with Gasteiger partial charge in [0.1, 0.15) is 0 Å². The zero-order chi connectivity index (χ0) is 13.7. The monoisotopic (exact) mass is 283 g/mol. The highest BCUT2D eigenvalue weighted by molar-refractivity contribution is 7.99. The van der Waals surface area contributed by atoms with Crippen molar-refractivity contribution in [1.82, 2.24) is 0 Å². The Morgan fingerprint density at radius 2 is 1.58 bits per heavy atom. The number of thioether (sulfide) groups is 1. The van der Waals surface area contributed by atoms with Crippen LogP contribution in [0.25, 0.3) is 0 Å². The summed E-state index contributed by atoms with van der Waals surface area (Å²) in [5.41, 5.74) is 1.02. The van der Waals surface area contributed by atoms with Crippen LogP contribution in [-0.2, 0) is 0 Å². The molecule has 0 radical (unpaired) electrons. The SMILES string of the molecule is COc1cc(NC2CCSCC2)cc(OC)c1OC. The van der Waals surface area contributed by atoms with Crippen molar-refractivity contribution in [2.24, 2.45) is 0 Å². The van der Waals surface area contributed by atoms with Crippen molar-refractivity contribution in [3.63, 3.8) is 0 Å². The second-order valence-corrected chi connectivity index (χ2v) is 5.67. The van der Waals surface area contributed by atoms with Crippen LogP contribution in [0.5, 0.6) is 17.2 Å². The molecule has 4 nitrogen and oxygen atoms in total. The summed E-state index contributed by atoms with van der Waals surface area (Å²) in [6, 6.07) is 4.45. The summed E-state index contributed by atoms with van der Waals surface area (Å²) in [5.74, 6) is 4.46. The maximum atomic E-state index is 5.36. The van der Waals surface area contributed by atoms with E-state index in [0.29, 0.717) is 23.3 Å². The van der Waals surface area contributed by atoms with Gasteiger partial charge in [-0.3, -0.25) is 0 Å². The largest absolute Gasteiger partial charge is 0.493 e. The average molecular weight is 283 g/mol. The molecule has 106 valence electrons. The molecular formula is C14H21NO3S. The van der Waals surface area contributed by atoms with Crippen molar-refractivity contribution in [2.75, 3.05) is 38.2 Å². The first-order chi connectivity index (χ1) is 9.28. The van der Waals surface area contributed by atoms with E-state index in [9.17, 15) is 0 Å². The highest BCUT2D eigenvalue weighted by Gasteiger charge is 2.17. The Balaban J connectivity index is 2.20. The van der Waals surface area contributed by atoms with Gasteiger partial charge in [0.15, 0.2) is 11.5 Å². The topological polar surface area (TPSA) is 39.7 Å². The van der Waals surface area contributed by atoms with Crippen LogP contribution in [0, 0.1) is 0 Å². The van der Waals surface area contributed by atoms with Gasteiger partial charge < -0.3 is 19.5 Å². The number of benzene rings is 1. The molecule has 1 aliphatic rings. The normalized spacial score (nSPS) is 15.9. The second-order valence-electron chi connectivity index (χ2n) is 4.44. The lowest BCUT2D eigenvalue weighted by molar-refractivity contribution is 0.324. The van der Waals surface area contributed by atoms with Gasteiger partial charge in [-0.25, -0.2) is 0 Å². The van der Waals surface area contributed by atoms with E-state index in [1.54, 1.807) is 21.3 Å². The van der Waals surface area contributed by atoms with Crippen molar-refractivity contribution in [2.45, 2.75) is 18.9 Å². The van der Waals surface area contributed by atoms with Crippen LogP contribution in [0.2, 0.25) is 0 Å². The van der Waals surface area contributed by atoms with Crippen LogP contribution in [-0.4, -0.2) is 38.9 Å². The van der Waals surface area contributed by atoms with Gasteiger partial charge in [-0.15, -0.1) is 0 Å². The quantitative estimate of drug-likeness (QED) is 0.899. The van der Waals surface area contributed by atoms with Gasteiger partial charge >= 0.3 is 0 Å². The molecule has 0 aliphatic carbocycles. The first-order valence-corrected chi connectivity index (χ1v) is 7.58. The van der Waals surface area contributed by atoms with Gasteiger partial charge in [-0.2, -0.15) is 11.8 Å². The molecule has 0 bridgehead atoms. The lowest BCUT2D eigenvalue weighted by Gasteiger charge is -2.24. The molecule has 2 rings (SSSR count). The van der Waals surface area contributed by atoms with E-state index < -0.39 is 0 Å². The molecule has 1 N–H and O–H groups in total. The Kier molecular flexibility index (Phi) is 5.07. The molecule has 1 aromatic rings. The standard InChI is InChI=1S/C14H21NO3S/c1-16-12-8-11(9-13(17-2)14(12)18-3)15-10-4-6-19-7-5-10/h8-10,15H,4-7H2,1-3H3. The van der Waals surface area contributed by atoms with E-state index in [-0.39, 0.29) is 0 Å². The summed E-state index contributed by atoms with van der Waals surface area (Å²) < 4.78 is 16.0. The highest BCUT2D eigenvalue weighted by Crippen LogP contribution is 2.40. The van der Waals surface area contributed by atoms with E-state index in [1.165, 1.54) is 24.3 Å². The molecule has 0 atom stereocenters. The smallest absolute Gasteiger partial charge is 0.203 e. The van der Waals surface area contributed by atoms with Gasteiger partial charge in [-0.1, -0.05) is 0 Å². The number of rotatable bonds is 5. The summed E-state index contributed by atoms with van der Waals surface area (Å²) in [6.07, 6.45) is 2.39. The summed E-state index contributed by atoms with van der Waals surface area (Å²) in [6.45, 7) is 0. The first kappa shape index (κ1) is 14.2. The fourth-order valence-electron chi connectivity index (χ4n) is 2.24. The molecule has 0 unspecified atom stereocenters. The van der Waals surface area contributed by atoms with Crippen molar-refractivity contribution >= 4 is 17.4 Å². The van der Waals surface area contributed by atoms with E-state index in [1.807, 2.05) is 23.9 Å². The van der Waals surface area contributed by atoms with Crippen LogP contribution in [0.15, 0.2) is 12.1 Å². The molecule has 0 aromatic heterocycles. The molecular weight excluding hydrogens is 262 g/mol. The molecule has 0 amide bonds. The molecule has 19 heavy (non-hydrogen) atoms. The summed E-state index contributed by atoms with van der Waals surface area (Å²) >= 11 is 2.02. The van der Waals surface area contributed by atoms with Crippen LogP contribution in [0.3, 0.4) is 0 Å². The van der Waals surface area contributed by atoms with Crippen LogP contribution >= 0.6 is 11.8 Å². The third kappa shape index (κ3) is 3.41. The molecule has 0 saturated carbocycles. The van der Waals surface area contributed by atoms with Crippen molar-refractivity contribution < 1.29 is 14.2 Å². The van der Waals surface area contributed by atoms with Crippen molar-refractivity contribution in [3.8, 4) is 17.2 Å². The summed E-state index contributed by atoms with van der Waals surface area (Å²) in [4.78, 5) is 0. The minimum absolute atomic E-state index is 0.532. The Morgan fingerprint density at radius 3 is 2.05 bits per heavy atom. The van der Waals surface area contributed by atoms with Crippen LogP contribution < -0.4 is 19.5 Å². The fourth-order valence-corrected chi connectivity index (χ4v) is 3.35. The minimum Gasteiger partial charge on any atom is -0.493 e. The van der Waals surface area contributed by atoms with Gasteiger partial charge in [0, 0.05) is 23.9 Å². The number of anilines is 1. The number of methoxy groups -OCH3 is 3. The highest BCUT2D eigenvalue weighted by atomic mass is 32.2. The number of nitrogens with one attached hydrogen (secondary N) is 1. The zero-order valence-corrected chi connectivity index (χ0v) is 12.5. The predicted octanol–water partition coefficient (Wildman–Crippen LogP) is 3.02. The first-order valence-electron chi connectivity index (χ1n) is 6.42. The van der Waals surface area contributed by atoms with E-state index in [0.717, 1.165) is 5.69 Å². The third-order valence-corrected chi connectivity index (χ3v) is 4.31. The number of hydrogen-bond donors (Lipinski definition) is 1. The maximum Gasteiger partial charge on any atom is 0.203 e. The van der Waals surface area contributed by atoms with Crippen molar-refractivity contribution in [1.29, 1.82) is 0 Å². The Bertz CT molecular complexity index is 394. The number of ether oxygens (including phenoxy) is 3. The van der Waals surface area contributed by atoms with Gasteiger partial charge in [0.25, 0.3) is 0 Å². The van der Waals surface area contributed by atoms with E-state index in [2.05, 4.69) is 5.32 Å². The zero-order valence-electron chi connectivity index (χ0n) is 11.7. The van der Waals surface area contributed by atoms with Gasteiger partial charge in [0.2, 0.25) is 5.75 Å². The van der Waals surface area contributed by atoms with E-state index >= 15 is 0 Å². The summed E-state index contributed by atoms with van der Waals surface area (Å²) in [5, 5.41) is 3.55. The Morgan fingerprint density at radius 1 is 1.00 bits per heavy atom. The van der Waals surface area contributed by atoms with Crippen LogP contribution in [0.4, 0.5) is 5.69 Å². The van der Waals surface area contributed by atoms with Gasteiger partial charge in [-0.05, 0) is 24.3 Å². The molecule has 5 heteroatoms. The lowest BCUT2D eigenvalue weighted by atomic mass is 10.1. The minimum atomic E-state index is 0.532. The predicted molar refractivity (Wildman–Crippen MR) is 80.1 cm³/mol. The van der Waals surface area contributed by atoms with Gasteiger partial charge in [0.05, 0.1) is 21.3 Å². The Labute approximate surface area is 118 Å². The summed E-state index contributed by atoms with van der Waals surface area (Å²) in [7, 11) is 4.89. The number of hydrogen-bond acceptors (Lipinski definition) is 5. The fraction of sp³-hybridized carbons (Fsp3) is 0.571. The molecule has 1 fully saturated rings. The molecule has 0 spiro atoms. The third-order valence-electron chi connectivity index (χ3n) is 3.26.